The van der Waals surface area contributed by atoms with Crippen molar-refractivity contribution in [1.29, 1.82) is 0 Å². The van der Waals surface area contributed by atoms with Crippen LogP contribution in [-0.2, 0) is 19.6 Å². The molecule has 0 aliphatic rings. The Morgan fingerprint density at radius 3 is 2.62 bits per heavy atom. The molecule has 136 valence electrons. The summed E-state index contributed by atoms with van der Waals surface area (Å²) in [4.78, 5) is 1.96. The van der Waals surface area contributed by atoms with Gasteiger partial charge >= 0.3 is 0 Å². The van der Waals surface area contributed by atoms with Crippen LogP contribution in [0.25, 0.3) is 0 Å². The lowest BCUT2D eigenvalue weighted by Crippen LogP contribution is -2.31. The van der Waals surface area contributed by atoms with Crippen molar-refractivity contribution in [2.45, 2.75) is 33.5 Å². The Labute approximate surface area is 159 Å². The highest BCUT2D eigenvalue weighted by Crippen LogP contribution is 2.11. The molecular formula is C19H24N6S. The van der Waals surface area contributed by atoms with Crippen molar-refractivity contribution in [3.05, 3.63) is 65.6 Å². The summed E-state index contributed by atoms with van der Waals surface area (Å²) in [7, 11) is 1.95. The fourth-order valence-electron chi connectivity index (χ4n) is 2.66. The summed E-state index contributed by atoms with van der Waals surface area (Å²) < 4.78 is 3.82. The van der Waals surface area contributed by atoms with Crippen molar-refractivity contribution in [3.63, 3.8) is 0 Å². The summed E-state index contributed by atoms with van der Waals surface area (Å²) >= 11 is 5.48. The topological polar surface area (TPSA) is 50.9 Å². The highest BCUT2D eigenvalue weighted by atomic mass is 32.1. The molecule has 0 atom stereocenters. The predicted molar refractivity (Wildman–Crippen MR) is 108 cm³/mol. The van der Waals surface area contributed by atoms with Gasteiger partial charge in [-0.3, -0.25) is 9.36 Å². The SMILES string of the molecule is CCn1ccc(CN(C)C(=S)Nc2ccn(Cc3ccccc3C)n2)n1. The Morgan fingerprint density at radius 2 is 1.88 bits per heavy atom. The van der Waals surface area contributed by atoms with Crippen molar-refractivity contribution in [3.8, 4) is 0 Å². The molecule has 3 rings (SSSR count). The van der Waals surface area contributed by atoms with Crippen molar-refractivity contribution in [2.24, 2.45) is 0 Å². The Bertz CT molecular complexity index is 882. The number of benzene rings is 1. The first-order valence-corrected chi connectivity index (χ1v) is 9.08. The maximum atomic E-state index is 5.48. The predicted octanol–water partition coefficient (Wildman–Crippen LogP) is 3.29. The van der Waals surface area contributed by atoms with Crippen molar-refractivity contribution >= 4 is 23.1 Å². The van der Waals surface area contributed by atoms with Crippen LogP contribution < -0.4 is 5.32 Å². The number of thiocarbonyl (C=S) groups is 1. The zero-order chi connectivity index (χ0) is 18.5. The normalized spacial score (nSPS) is 10.7. The van der Waals surface area contributed by atoms with E-state index in [1.807, 2.05) is 51.9 Å². The molecule has 0 saturated heterocycles. The number of nitrogens with one attached hydrogen (secondary N) is 1. The second-order valence-corrected chi connectivity index (χ2v) is 6.66. The molecule has 1 N–H and O–H groups in total. The van der Waals surface area contributed by atoms with Crippen molar-refractivity contribution in [2.75, 3.05) is 12.4 Å². The lowest BCUT2D eigenvalue weighted by atomic mass is 10.1. The minimum Gasteiger partial charge on any atom is -0.346 e. The van der Waals surface area contributed by atoms with E-state index in [0.717, 1.165) is 24.6 Å². The molecular weight excluding hydrogens is 344 g/mol. The lowest BCUT2D eigenvalue weighted by molar-refractivity contribution is 0.491. The Kier molecular flexibility index (Phi) is 5.68. The number of nitrogens with zero attached hydrogens (tertiary/aromatic N) is 5. The molecule has 0 saturated carbocycles. The van der Waals surface area contributed by atoms with Crippen LogP contribution in [0, 0.1) is 6.92 Å². The van der Waals surface area contributed by atoms with Gasteiger partial charge in [0, 0.05) is 32.1 Å². The van der Waals surface area contributed by atoms with Gasteiger partial charge in [0.05, 0.1) is 18.8 Å². The van der Waals surface area contributed by atoms with Crippen LogP contribution in [0.4, 0.5) is 5.82 Å². The zero-order valence-corrected chi connectivity index (χ0v) is 16.2. The summed E-state index contributed by atoms with van der Waals surface area (Å²) in [6.07, 6.45) is 3.94. The molecule has 3 aromatic rings. The van der Waals surface area contributed by atoms with Gasteiger partial charge in [-0.15, -0.1) is 0 Å². The van der Waals surface area contributed by atoms with E-state index in [1.54, 1.807) is 0 Å². The van der Waals surface area contributed by atoms with Gasteiger partial charge in [0.15, 0.2) is 10.9 Å². The van der Waals surface area contributed by atoms with E-state index >= 15 is 0 Å². The van der Waals surface area contributed by atoms with Gasteiger partial charge in [-0.05, 0) is 43.3 Å². The number of anilines is 1. The molecule has 26 heavy (non-hydrogen) atoms. The minimum absolute atomic E-state index is 0.622. The molecule has 0 spiro atoms. The average molecular weight is 369 g/mol. The van der Waals surface area contributed by atoms with Crippen molar-refractivity contribution in [1.82, 2.24) is 24.5 Å². The van der Waals surface area contributed by atoms with Gasteiger partial charge < -0.3 is 10.2 Å². The molecule has 2 aromatic heterocycles. The quantitative estimate of drug-likeness (QED) is 0.677. The molecule has 0 aliphatic carbocycles. The molecule has 0 aliphatic heterocycles. The number of hydrogen-bond donors (Lipinski definition) is 1. The largest absolute Gasteiger partial charge is 0.346 e. The van der Waals surface area contributed by atoms with Crippen LogP contribution in [0.2, 0.25) is 0 Å². The van der Waals surface area contributed by atoms with Gasteiger partial charge in [0.2, 0.25) is 0 Å². The first kappa shape index (κ1) is 18.1. The number of aryl methyl sites for hydroxylation is 2. The van der Waals surface area contributed by atoms with E-state index in [1.165, 1.54) is 11.1 Å². The molecule has 6 nitrogen and oxygen atoms in total. The van der Waals surface area contributed by atoms with E-state index in [4.69, 9.17) is 12.2 Å². The molecule has 0 radical (unpaired) electrons. The molecule has 0 unspecified atom stereocenters. The molecule has 1 aromatic carbocycles. The highest BCUT2D eigenvalue weighted by Gasteiger charge is 2.09. The summed E-state index contributed by atoms with van der Waals surface area (Å²) in [6, 6.07) is 12.3. The Hall–Kier alpha value is -2.67. The van der Waals surface area contributed by atoms with Gasteiger partial charge in [-0.2, -0.15) is 10.2 Å². The van der Waals surface area contributed by atoms with E-state index in [-0.39, 0.29) is 0 Å². The van der Waals surface area contributed by atoms with E-state index in [2.05, 4.69) is 47.6 Å². The summed E-state index contributed by atoms with van der Waals surface area (Å²) in [5, 5.41) is 12.9. The summed E-state index contributed by atoms with van der Waals surface area (Å²) in [5.74, 6) is 0.745. The number of hydrogen-bond acceptors (Lipinski definition) is 3. The lowest BCUT2D eigenvalue weighted by Gasteiger charge is -2.19. The van der Waals surface area contributed by atoms with E-state index in [0.29, 0.717) is 11.7 Å². The number of aromatic nitrogens is 4. The molecule has 7 heteroatoms. The molecule has 0 fully saturated rings. The van der Waals surface area contributed by atoms with Gasteiger partial charge in [-0.1, -0.05) is 24.3 Å². The Balaban J connectivity index is 1.57. The van der Waals surface area contributed by atoms with E-state index in [9.17, 15) is 0 Å². The zero-order valence-electron chi connectivity index (χ0n) is 15.4. The van der Waals surface area contributed by atoms with Crippen LogP contribution >= 0.6 is 12.2 Å². The first-order chi connectivity index (χ1) is 12.5. The fourth-order valence-corrected chi connectivity index (χ4v) is 2.83. The van der Waals surface area contributed by atoms with E-state index < -0.39 is 0 Å². The summed E-state index contributed by atoms with van der Waals surface area (Å²) in [5.41, 5.74) is 3.51. The smallest absolute Gasteiger partial charge is 0.174 e. The molecule has 0 bridgehead atoms. The van der Waals surface area contributed by atoms with Crippen LogP contribution in [0.5, 0.6) is 0 Å². The molecule has 0 amide bonds. The summed E-state index contributed by atoms with van der Waals surface area (Å²) in [6.45, 7) is 6.45. The second kappa shape index (κ2) is 8.14. The highest BCUT2D eigenvalue weighted by molar-refractivity contribution is 7.80. The third-order valence-electron chi connectivity index (χ3n) is 4.24. The number of rotatable bonds is 6. The third-order valence-corrected chi connectivity index (χ3v) is 4.65. The fraction of sp³-hybridized carbons (Fsp3) is 0.316. The average Bonchev–Trinajstić information content (AvgIpc) is 3.26. The third kappa shape index (κ3) is 4.49. The second-order valence-electron chi connectivity index (χ2n) is 6.27. The van der Waals surface area contributed by atoms with Gasteiger partial charge in [0.25, 0.3) is 0 Å². The van der Waals surface area contributed by atoms with Crippen molar-refractivity contribution < 1.29 is 0 Å². The maximum Gasteiger partial charge on any atom is 0.174 e. The van der Waals surface area contributed by atoms with Crippen LogP contribution in [0.1, 0.15) is 23.7 Å². The van der Waals surface area contributed by atoms with Crippen LogP contribution in [-0.4, -0.2) is 36.6 Å². The monoisotopic (exact) mass is 368 g/mol. The first-order valence-electron chi connectivity index (χ1n) is 8.67. The van der Waals surface area contributed by atoms with Crippen LogP contribution in [0.15, 0.2) is 48.8 Å². The van der Waals surface area contributed by atoms with Crippen LogP contribution in [0.3, 0.4) is 0 Å². The Morgan fingerprint density at radius 1 is 1.12 bits per heavy atom. The minimum atomic E-state index is 0.622. The standard InChI is InChI=1S/C19H24N6S/c1-4-24-11-9-17(21-24)14-23(3)19(26)20-18-10-12-25(22-18)13-16-8-6-5-7-15(16)2/h5-12H,4,13-14H2,1-3H3,(H,20,22,26). The van der Waals surface area contributed by atoms with Gasteiger partial charge in [0.1, 0.15) is 0 Å². The molecule has 2 heterocycles. The maximum absolute atomic E-state index is 5.48. The van der Waals surface area contributed by atoms with Gasteiger partial charge in [-0.25, -0.2) is 0 Å².